The number of carbonyl (C=O) groups is 4. The van der Waals surface area contributed by atoms with Crippen LogP contribution in [0.25, 0.3) is 0 Å². The van der Waals surface area contributed by atoms with E-state index < -0.39 is 62.9 Å². The molecule has 45 heavy (non-hydrogen) atoms. The zero-order valence-electron chi connectivity index (χ0n) is 23.4. The topological polar surface area (TPSA) is 95.0 Å². The number of carbonyl (C=O) groups excluding carboxylic acids is 4. The molecule has 4 amide bonds. The predicted molar refractivity (Wildman–Crippen MR) is 168 cm³/mol. The van der Waals surface area contributed by atoms with Gasteiger partial charge in [0.15, 0.2) is 9.75 Å². The first-order valence-corrected chi connectivity index (χ1v) is 15.7. The molecule has 2 saturated heterocycles. The predicted octanol–water partition coefficient (Wildman–Crippen LogP) is 6.91. The Morgan fingerprint density at radius 2 is 1.51 bits per heavy atom. The monoisotopic (exact) mass is 686 g/mol. The lowest BCUT2D eigenvalue weighted by molar-refractivity contribution is -0.125. The van der Waals surface area contributed by atoms with Crippen molar-refractivity contribution in [2.24, 2.45) is 17.8 Å². The van der Waals surface area contributed by atoms with E-state index in [9.17, 15) is 28.7 Å². The first-order chi connectivity index (χ1) is 21.3. The molecule has 2 heterocycles. The third-order valence-corrected chi connectivity index (χ3v) is 11.8. The van der Waals surface area contributed by atoms with E-state index in [1.54, 1.807) is 31.2 Å². The Morgan fingerprint density at radius 3 is 2.18 bits per heavy atom. The Balaban J connectivity index is 1.40. The number of alkyl halides is 2. The van der Waals surface area contributed by atoms with Crippen molar-refractivity contribution in [1.82, 2.24) is 0 Å². The number of benzene rings is 3. The third kappa shape index (κ3) is 4.08. The van der Waals surface area contributed by atoms with Crippen LogP contribution in [0, 0.1) is 30.5 Å². The van der Waals surface area contributed by atoms with Gasteiger partial charge in [0.05, 0.1) is 23.2 Å². The van der Waals surface area contributed by atoms with Gasteiger partial charge in [-0.3, -0.25) is 19.2 Å². The summed E-state index contributed by atoms with van der Waals surface area (Å²) in [7, 11) is 0. The number of phenols is 1. The van der Waals surface area contributed by atoms with Crippen LogP contribution >= 0.6 is 46.4 Å². The van der Waals surface area contributed by atoms with Gasteiger partial charge in [0.2, 0.25) is 11.8 Å². The van der Waals surface area contributed by atoms with Gasteiger partial charge in [-0.25, -0.2) is 14.2 Å². The average Bonchev–Trinajstić information content (AvgIpc) is 3.33. The van der Waals surface area contributed by atoms with Gasteiger partial charge in [-0.15, -0.1) is 23.2 Å². The fourth-order valence-electron chi connectivity index (χ4n) is 7.47. The number of hydrogen-bond donors (Lipinski definition) is 1. The van der Waals surface area contributed by atoms with Gasteiger partial charge in [0, 0.05) is 16.0 Å². The maximum absolute atomic E-state index is 14.4. The maximum atomic E-state index is 14.4. The minimum atomic E-state index is -2.13. The SMILES string of the molecule is Cc1ccc(N2C(=O)C3CC=C4C(CC5(Cl)C(=O)N(c6ccc(F)cc6)C(=O)C5(Cl)C4c4ccc(O)cc4Cl)C3C2=O)cc1Cl. The molecule has 1 saturated carbocycles. The number of hydrogen-bond acceptors (Lipinski definition) is 5. The van der Waals surface area contributed by atoms with Crippen molar-refractivity contribution in [3.63, 3.8) is 0 Å². The molecular weight excluding hydrogens is 665 g/mol. The second-order valence-corrected chi connectivity index (χ2v) is 14.0. The molecule has 3 fully saturated rings. The lowest BCUT2D eigenvalue weighted by atomic mass is 9.56. The van der Waals surface area contributed by atoms with Gasteiger partial charge in [-0.05, 0) is 85.3 Å². The van der Waals surface area contributed by atoms with Crippen molar-refractivity contribution in [2.75, 3.05) is 9.80 Å². The van der Waals surface area contributed by atoms with Crippen LogP contribution in [0.5, 0.6) is 5.75 Å². The van der Waals surface area contributed by atoms with Crippen molar-refractivity contribution >= 4 is 81.4 Å². The minimum Gasteiger partial charge on any atom is -0.508 e. The van der Waals surface area contributed by atoms with E-state index in [0.29, 0.717) is 21.8 Å². The highest BCUT2D eigenvalue weighted by atomic mass is 35.5. The fourth-order valence-corrected chi connectivity index (χ4v) is 8.86. The number of halogens is 5. The lowest BCUT2D eigenvalue weighted by Crippen LogP contribution is -2.60. The second-order valence-electron chi connectivity index (χ2n) is 11.9. The summed E-state index contributed by atoms with van der Waals surface area (Å²) in [5.74, 6) is -6.87. The minimum absolute atomic E-state index is 0.0629. The average molecular weight is 688 g/mol. The number of aromatic hydroxyl groups is 1. The van der Waals surface area contributed by atoms with Gasteiger partial charge in [-0.2, -0.15) is 0 Å². The summed E-state index contributed by atoms with van der Waals surface area (Å²) in [6.45, 7) is 1.81. The molecule has 230 valence electrons. The highest BCUT2D eigenvalue weighted by Gasteiger charge is 2.76. The molecule has 3 aromatic rings. The summed E-state index contributed by atoms with van der Waals surface area (Å²) in [6, 6.07) is 13.9. The molecule has 0 aromatic heterocycles. The highest BCUT2D eigenvalue weighted by molar-refractivity contribution is 6.58. The fraction of sp³-hybridized carbons (Fsp3) is 0.273. The van der Waals surface area contributed by atoms with Crippen molar-refractivity contribution in [1.29, 1.82) is 0 Å². The Hall–Kier alpha value is -3.43. The van der Waals surface area contributed by atoms with Crippen molar-refractivity contribution in [2.45, 2.75) is 35.4 Å². The number of imide groups is 2. The van der Waals surface area contributed by atoms with Crippen LogP contribution in [0.4, 0.5) is 15.8 Å². The van der Waals surface area contributed by atoms with Crippen LogP contribution in [0.15, 0.2) is 72.3 Å². The van der Waals surface area contributed by atoms with Gasteiger partial charge in [-0.1, -0.05) is 47.0 Å². The molecule has 2 aliphatic heterocycles. The third-order valence-electron chi connectivity index (χ3n) is 9.60. The van der Waals surface area contributed by atoms with Gasteiger partial charge in [0.1, 0.15) is 11.6 Å². The molecule has 2 aliphatic carbocycles. The van der Waals surface area contributed by atoms with E-state index in [1.165, 1.54) is 30.3 Å². The molecule has 4 aliphatic rings. The normalized spacial score (nSPS) is 30.8. The zero-order valence-corrected chi connectivity index (χ0v) is 26.5. The Morgan fingerprint density at radius 1 is 0.822 bits per heavy atom. The highest BCUT2D eigenvalue weighted by Crippen LogP contribution is 2.66. The molecule has 0 bridgehead atoms. The van der Waals surface area contributed by atoms with Gasteiger partial charge >= 0.3 is 0 Å². The molecule has 0 radical (unpaired) electrons. The molecule has 1 N–H and O–H groups in total. The van der Waals surface area contributed by atoms with Crippen molar-refractivity contribution in [3.05, 3.63) is 99.3 Å². The van der Waals surface area contributed by atoms with Crippen LogP contribution < -0.4 is 9.80 Å². The number of anilines is 2. The van der Waals surface area contributed by atoms with Gasteiger partial charge in [0.25, 0.3) is 11.8 Å². The molecule has 12 heteroatoms. The molecular formula is C33H23Cl4FN2O5. The largest absolute Gasteiger partial charge is 0.508 e. The quantitative estimate of drug-likeness (QED) is 0.183. The van der Waals surface area contributed by atoms with E-state index in [4.69, 9.17) is 46.4 Å². The van der Waals surface area contributed by atoms with Crippen molar-refractivity contribution in [3.8, 4) is 5.75 Å². The zero-order chi connectivity index (χ0) is 32.2. The van der Waals surface area contributed by atoms with Crippen LogP contribution in [-0.2, 0) is 19.2 Å². The van der Waals surface area contributed by atoms with Crippen LogP contribution in [0.3, 0.4) is 0 Å². The summed E-state index contributed by atoms with van der Waals surface area (Å²) < 4.78 is 13.8. The number of fused-ring (bicyclic) bond motifs is 4. The van der Waals surface area contributed by atoms with Crippen LogP contribution in [-0.4, -0.2) is 38.5 Å². The summed E-state index contributed by atoms with van der Waals surface area (Å²) in [5, 5.41) is 10.6. The Kier molecular flexibility index (Phi) is 6.91. The van der Waals surface area contributed by atoms with E-state index in [-0.39, 0.29) is 29.3 Å². The maximum Gasteiger partial charge on any atom is 0.258 e. The number of nitrogens with zero attached hydrogens (tertiary/aromatic N) is 2. The summed E-state index contributed by atoms with van der Waals surface area (Å²) >= 11 is 27.7. The second kappa shape index (κ2) is 10.3. The van der Waals surface area contributed by atoms with Crippen LogP contribution in [0.2, 0.25) is 10.0 Å². The molecule has 7 rings (SSSR count). The number of rotatable bonds is 3. The standard InChI is InChI=1S/C33H23Cl4FN2O5/c1-15-2-5-18(12-24(15)34)39-28(42)22-11-10-20-23(26(22)29(39)43)14-32(36)30(44)40(17-6-3-16(38)4-7-17)31(45)33(32,37)27(20)21-9-8-19(41)13-25(21)35/h2-10,12-13,22-23,26-27,41H,11,14H2,1H3. The smallest absolute Gasteiger partial charge is 0.258 e. The van der Waals surface area contributed by atoms with Crippen LogP contribution in [0.1, 0.15) is 29.9 Å². The number of aryl methyl sites for hydroxylation is 1. The Bertz CT molecular complexity index is 1880. The number of phenolic OH excluding ortho intramolecular Hbond substituents is 1. The van der Waals surface area contributed by atoms with Crippen molar-refractivity contribution < 1.29 is 28.7 Å². The number of allylic oxidation sites excluding steroid dienone is 2. The molecule has 6 atom stereocenters. The molecule has 7 nitrogen and oxygen atoms in total. The molecule has 6 unspecified atom stereocenters. The van der Waals surface area contributed by atoms with E-state index in [1.807, 2.05) is 0 Å². The van der Waals surface area contributed by atoms with E-state index in [2.05, 4.69) is 0 Å². The Labute approximate surface area is 277 Å². The summed E-state index contributed by atoms with van der Waals surface area (Å²) in [4.78, 5) is 54.4. The van der Waals surface area contributed by atoms with E-state index >= 15 is 0 Å². The number of amides is 4. The first-order valence-electron chi connectivity index (χ1n) is 14.1. The first kappa shape index (κ1) is 30.2. The molecule has 0 spiro atoms. The van der Waals surface area contributed by atoms with Gasteiger partial charge < -0.3 is 5.11 Å². The summed E-state index contributed by atoms with van der Waals surface area (Å²) in [5.41, 5.74) is 2.03. The summed E-state index contributed by atoms with van der Waals surface area (Å²) in [6.07, 6.45) is 1.71. The van der Waals surface area contributed by atoms with E-state index in [0.717, 1.165) is 27.5 Å². The lowest BCUT2D eigenvalue weighted by Gasteiger charge is -2.50. The molecule has 3 aromatic carbocycles.